The van der Waals surface area contributed by atoms with Crippen LogP contribution in [0.15, 0.2) is 66.9 Å². The van der Waals surface area contributed by atoms with Crippen molar-refractivity contribution in [1.82, 2.24) is 25.0 Å². The van der Waals surface area contributed by atoms with Crippen LogP contribution in [0.5, 0.6) is 5.88 Å². The number of ketones is 2. The van der Waals surface area contributed by atoms with Gasteiger partial charge in [0.25, 0.3) is 5.91 Å². The number of aromatic nitrogens is 3. The smallest absolute Gasteiger partial charge is 0.333 e. The summed E-state index contributed by atoms with van der Waals surface area (Å²) in [6, 6.07) is 10.2. The molecule has 2 saturated carbocycles. The molecule has 4 heterocycles. The summed E-state index contributed by atoms with van der Waals surface area (Å²) < 4.78 is 73.6. The first-order chi connectivity index (χ1) is 27.7. The van der Waals surface area contributed by atoms with Crippen molar-refractivity contribution < 1.29 is 45.5 Å². The number of allylic oxidation sites excluding steroid dienone is 2. The lowest BCUT2D eigenvalue weighted by molar-refractivity contribution is -0.140. The second-order valence-corrected chi connectivity index (χ2v) is 18.9. The number of carbonyl (C=O) groups is 4. The van der Waals surface area contributed by atoms with Gasteiger partial charge in [0, 0.05) is 35.2 Å². The number of amides is 2. The highest BCUT2D eigenvalue weighted by Crippen LogP contribution is 2.58. The second kappa shape index (κ2) is 15.2. The molecule has 5 atom stereocenters. The molecule has 4 aliphatic rings. The fraction of sp³-hybridized carbons (Fsp3) is 0.476. The number of sulfone groups is 1. The van der Waals surface area contributed by atoms with Gasteiger partial charge in [-0.2, -0.15) is 13.9 Å². The summed E-state index contributed by atoms with van der Waals surface area (Å²) >= 11 is 0. The molecule has 2 aromatic heterocycles. The molecular formula is C42H44F3N5O7S. The Labute approximate surface area is 333 Å². The van der Waals surface area contributed by atoms with Gasteiger partial charge in [0.15, 0.2) is 21.4 Å². The molecule has 2 aliphatic heterocycles. The Morgan fingerprint density at radius 1 is 1.03 bits per heavy atom. The molecule has 0 bridgehead atoms. The van der Waals surface area contributed by atoms with Crippen molar-refractivity contribution in [2.24, 2.45) is 11.3 Å². The zero-order valence-electron chi connectivity index (χ0n) is 31.9. The van der Waals surface area contributed by atoms with Crippen molar-refractivity contribution in [3.63, 3.8) is 0 Å². The van der Waals surface area contributed by atoms with Gasteiger partial charge in [0.05, 0.1) is 22.9 Å². The Morgan fingerprint density at radius 2 is 1.83 bits per heavy atom. The molecule has 2 aliphatic carbocycles. The quantitative estimate of drug-likeness (QED) is 0.152. The number of rotatable bonds is 9. The minimum Gasteiger partial charge on any atom is -0.472 e. The highest BCUT2D eigenvalue weighted by Gasteiger charge is 2.62. The summed E-state index contributed by atoms with van der Waals surface area (Å²) in [6.45, 7) is -1.46. The third-order valence-corrected chi connectivity index (χ3v) is 15.0. The Hall–Kier alpha value is -5.12. The Kier molecular flexibility index (Phi) is 10.4. The van der Waals surface area contributed by atoms with E-state index in [2.05, 4.69) is 10.4 Å². The number of nitrogens with zero attached hydrogens (tertiary/aromatic N) is 4. The van der Waals surface area contributed by atoms with E-state index < -0.39 is 79.7 Å². The molecule has 2 amide bonds. The van der Waals surface area contributed by atoms with Gasteiger partial charge in [-0.15, -0.1) is 0 Å². The van der Waals surface area contributed by atoms with E-state index >= 15 is 0 Å². The van der Waals surface area contributed by atoms with Crippen LogP contribution < -0.4 is 10.1 Å². The van der Waals surface area contributed by atoms with Gasteiger partial charge in [-0.3, -0.25) is 19.2 Å². The maximum atomic E-state index is 14.7. The van der Waals surface area contributed by atoms with Crippen LogP contribution in [-0.4, -0.2) is 86.7 Å². The number of hydrogen-bond acceptors (Lipinski definition) is 9. The molecule has 3 fully saturated rings. The molecular weight excluding hydrogens is 776 g/mol. The number of benzene rings is 2. The molecule has 1 N–H and O–H groups in total. The zero-order valence-corrected chi connectivity index (χ0v) is 32.7. The van der Waals surface area contributed by atoms with E-state index in [9.17, 15) is 40.8 Å². The van der Waals surface area contributed by atoms with Crippen LogP contribution in [0.4, 0.5) is 13.2 Å². The predicted octanol–water partition coefficient (Wildman–Crippen LogP) is 6.29. The summed E-state index contributed by atoms with van der Waals surface area (Å²) in [4.78, 5) is 62.8. The normalized spacial score (nSPS) is 26.7. The van der Waals surface area contributed by atoms with Gasteiger partial charge in [0.1, 0.15) is 29.4 Å². The van der Waals surface area contributed by atoms with Crippen LogP contribution in [0.1, 0.15) is 88.2 Å². The van der Waals surface area contributed by atoms with Crippen LogP contribution in [-0.2, 0) is 24.2 Å². The number of nitrogens with one attached hydrogen (secondary N) is 1. The summed E-state index contributed by atoms with van der Waals surface area (Å²) in [5, 5.41) is 8.09. The monoisotopic (exact) mass is 819 g/mol. The molecule has 0 radical (unpaired) electrons. The minimum absolute atomic E-state index is 0.0115. The van der Waals surface area contributed by atoms with Gasteiger partial charge < -0.3 is 15.0 Å². The Morgan fingerprint density at radius 3 is 2.59 bits per heavy atom. The number of halogens is 3. The summed E-state index contributed by atoms with van der Waals surface area (Å²) in [7, 11) is -3.77. The number of Topliss-reactive ketones (excluding diaryl/α,β-unsaturated/α-hetero) is 2. The molecule has 58 heavy (non-hydrogen) atoms. The maximum Gasteiger partial charge on any atom is 0.333 e. The van der Waals surface area contributed by atoms with Gasteiger partial charge >= 0.3 is 6.55 Å². The second-order valence-electron chi connectivity index (χ2n) is 16.4. The Bertz CT molecular complexity index is 2450. The fourth-order valence-electron chi connectivity index (χ4n) is 8.49. The van der Waals surface area contributed by atoms with Gasteiger partial charge in [-0.05, 0) is 87.1 Å². The lowest BCUT2D eigenvalue weighted by Gasteiger charge is -2.29. The molecule has 4 aromatic rings. The standard InChI is InChI=1S/C42H44F3N5O7S/c1-41(16-17-41)58(55,56)24-36(52)42-21-25(42)9-5-3-2-4-6-12-33(46-37(53)32-15-18-50(48-32)40(44)45)39(54)49-23-27(20-34(49)35(51)22-42)57-38-29-14-13-26(43)19-30(29)28-10-7-8-11-31(28)47-38/h5,7-11,13-15,18-19,25,27,33-34,40H,2-4,6,12,16-17,20-24H2,1H3,(H,46,53)/b9-5-/t25-,27-,33+,34+,42-/m1/s1. The molecule has 0 spiro atoms. The van der Waals surface area contributed by atoms with Crippen molar-refractivity contribution in [3.05, 3.63) is 78.4 Å². The number of pyridine rings is 1. The van der Waals surface area contributed by atoms with Crippen molar-refractivity contribution >= 4 is 54.9 Å². The average Bonchev–Trinajstić information content (AvgIpc) is 3.96. The number of hydrogen-bond donors (Lipinski definition) is 1. The first-order valence-electron chi connectivity index (χ1n) is 19.7. The van der Waals surface area contributed by atoms with E-state index in [4.69, 9.17) is 9.72 Å². The van der Waals surface area contributed by atoms with Crippen LogP contribution in [0.25, 0.3) is 21.7 Å². The number of para-hydroxylation sites is 1. The molecule has 8 rings (SSSR count). The first-order valence-corrected chi connectivity index (χ1v) is 21.4. The van der Waals surface area contributed by atoms with Crippen LogP contribution >= 0.6 is 0 Å². The number of fused-ring (bicyclic) bond motifs is 5. The highest BCUT2D eigenvalue weighted by atomic mass is 32.2. The third-order valence-electron chi connectivity index (χ3n) is 12.4. The minimum atomic E-state index is -3.77. The number of carbonyl (C=O) groups excluding carboxylic acids is 4. The topological polar surface area (TPSA) is 158 Å². The first kappa shape index (κ1) is 39.7. The molecule has 306 valence electrons. The van der Waals surface area contributed by atoms with Crippen molar-refractivity contribution in [2.75, 3.05) is 12.3 Å². The van der Waals surface area contributed by atoms with E-state index in [1.54, 1.807) is 25.1 Å². The van der Waals surface area contributed by atoms with Gasteiger partial charge in [0.2, 0.25) is 11.8 Å². The molecule has 16 heteroatoms. The van der Waals surface area contributed by atoms with Gasteiger partial charge in [-0.1, -0.05) is 43.2 Å². The van der Waals surface area contributed by atoms with Crippen LogP contribution in [0.3, 0.4) is 0 Å². The molecule has 2 aromatic carbocycles. The molecule has 1 saturated heterocycles. The lowest BCUT2D eigenvalue weighted by atomic mass is 9.88. The van der Waals surface area contributed by atoms with E-state index in [1.807, 2.05) is 24.3 Å². The fourth-order valence-corrected chi connectivity index (χ4v) is 10.2. The zero-order chi connectivity index (χ0) is 41.0. The number of ether oxygens (including phenoxy) is 1. The largest absolute Gasteiger partial charge is 0.472 e. The van der Waals surface area contributed by atoms with E-state index in [1.165, 1.54) is 17.0 Å². The van der Waals surface area contributed by atoms with Crippen molar-refractivity contribution in [2.45, 2.75) is 101 Å². The van der Waals surface area contributed by atoms with Crippen LogP contribution in [0, 0.1) is 17.2 Å². The maximum absolute atomic E-state index is 14.7. The third kappa shape index (κ3) is 7.62. The SMILES string of the molecule is CC1(S(=O)(=O)CC(=O)[C@]23CC(=O)[C@@H]4C[C@@H](Oc5nc6ccccc6c6cc(F)ccc56)CN4C(=O)[C@@H](NC(=O)c4ccn(C(F)F)n4)CCCCC/C=C\[C@@H]2C3)CC1. The number of alkyl halides is 2. The highest BCUT2D eigenvalue weighted by molar-refractivity contribution is 7.93. The van der Waals surface area contributed by atoms with Crippen molar-refractivity contribution in [3.8, 4) is 5.88 Å². The molecule has 0 unspecified atom stereocenters. The lowest BCUT2D eigenvalue weighted by Crippen LogP contribution is -2.52. The van der Waals surface area contributed by atoms with E-state index in [0.717, 1.165) is 18.7 Å². The Balaban J connectivity index is 1.13. The predicted molar refractivity (Wildman–Crippen MR) is 207 cm³/mol. The van der Waals surface area contributed by atoms with Crippen LogP contribution in [0.2, 0.25) is 0 Å². The average molecular weight is 820 g/mol. The summed E-state index contributed by atoms with van der Waals surface area (Å²) in [5.41, 5.74) is -1.03. The van der Waals surface area contributed by atoms with Crippen molar-refractivity contribution in [1.29, 1.82) is 0 Å². The van der Waals surface area contributed by atoms with E-state index in [0.29, 0.717) is 64.9 Å². The van der Waals surface area contributed by atoms with E-state index in [-0.39, 0.29) is 43.3 Å². The summed E-state index contributed by atoms with van der Waals surface area (Å²) in [6.07, 6.45) is 7.67. The van der Waals surface area contributed by atoms with Gasteiger partial charge in [-0.25, -0.2) is 22.5 Å². The molecule has 12 nitrogen and oxygen atoms in total. The summed E-state index contributed by atoms with van der Waals surface area (Å²) in [5.74, 6) is -3.71.